The maximum absolute atomic E-state index is 13.9. The zero-order valence-corrected chi connectivity index (χ0v) is 23.6. The first-order valence-electron chi connectivity index (χ1n) is 14.3. The highest BCUT2D eigenvalue weighted by molar-refractivity contribution is 5.88. The minimum atomic E-state index is -0.646. The van der Waals surface area contributed by atoms with Crippen molar-refractivity contribution in [2.24, 2.45) is 0 Å². The van der Waals surface area contributed by atoms with Crippen LogP contribution in [0.4, 0.5) is 0 Å². The molecule has 5 heteroatoms. The molecule has 4 rings (SSSR count). The van der Waals surface area contributed by atoms with Crippen molar-refractivity contribution in [2.45, 2.75) is 83.8 Å². The van der Waals surface area contributed by atoms with Gasteiger partial charge < -0.3 is 15.0 Å². The zero-order valence-electron chi connectivity index (χ0n) is 23.6. The first kappa shape index (κ1) is 28.4. The molecule has 1 atom stereocenters. The quantitative estimate of drug-likeness (QED) is 0.307. The average Bonchev–Trinajstić information content (AvgIpc) is 2.95. The Morgan fingerprint density at radius 2 is 1.54 bits per heavy atom. The first-order chi connectivity index (χ1) is 18.9. The van der Waals surface area contributed by atoms with E-state index in [1.165, 1.54) is 6.42 Å². The molecule has 0 saturated heterocycles. The van der Waals surface area contributed by atoms with E-state index in [2.05, 4.69) is 19.2 Å². The third-order valence-electron chi connectivity index (χ3n) is 7.59. The molecule has 3 aromatic carbocycles. The molecule has 2 amide bonds. The summed E-state index contributed by atoms with van der Waals surface area (Å²) in [6.07, 6.45) is 5.90. The summed E-state index contributed by atoms with van der Waals surface area (Å²) in [7, 11) is 0. The van der Waals surface area contributed by atoms with Crippen molar-refractivity contribution in [1.29, 1.82) is 0 Å². The van der Waals surface area contributed by atoms with E-state index in [1.807, 2.05) is 85.8 Å². The average molecular weight is 527 g/mol. The van der Waals surface area contributed by atoms with Gasteiger partial charge in [-0.15, -0.1) is 0 Å². The van der Waals surface area contributed by atoms with Crippen LogP contribution >= 0.6 is 0 Å². The predicted octanol–water partition coefficient (Wildman–Crippen LogP) is 6.59. The van der Waals surface area contributed by atoms with Gasteiger partial charge in [-0.25, -0.2) is 0 Å². The van der Waals surface area contributed by atoms with Gasteiger partial charge >= 0.3 is 0 Å². The van der Waals surface area contributed by atoms with Crippen molar-refractivity contribution in [1.82, 2.24) is 10.2 Å². The van der Waals surface area contributed by atoms with Gasteiger partial charge in [0.15, 0.2) is 6.61 Å². The molecule has 1 saturated carbocycles. The van der Waals surface area contributed by atoms with Gasteiger partial charge in [0.05, 0.1) is 0 Å². The molecule has 1 aliphatic carbocycles. The molecule has 0 aromatic heterocycles. The highest BCUT2D eigenvalue weighted by Gasteiger charge is 2.32. The van der Waals surface area contributed by atoms with Crippen molar-refractivity contribution in [3.05, 3.63) is 101 Å². The fourth-order valence-corrected chi connectivity index (χ4v) is 5.30. The smallest absolute Gasteiger partial charge is 0.261 e. The lowest BCUT2D eigenvalue weighted by Gasteiger charge is -2.33. The number of hydrogen-bond acceptors (Lipinski definition) is 3. The lowest BCUT2D eigenvalue weighted by molar-refractivity contribution is -0.143. The number of ether oxygens (including phenoxy) is 1. The normalized spacial score (nSPS) is 14.6. The summed E-state index contributed by atoms with van der Waals surface area (Å²) in [5, 5.41) is 3.29. The van der Waals surface area contributed by atoms with Gasteiger partial charge in [0, 0.05) is 19.0 Å². The minimum Gasteiger partial charge on any atom is -0.483 e. The topological polar surface area (TPSA) is 58.6 Å². The van der Waals surface area contributed by atoms with Crippen LogP contribution in [0.3, 0.4) is 0 Å². The molecular weight excluding hydrogens is 484 g/mol. The number of nitrogens with zero attached hydrogens (tertiary/aromatic N) is 1. The minimum absolute atomic E-state index is 0.0891. The molecule has 5 nitrogen and oxygen atoms in total. The summed E-state index contributed by atoms with van der Waals surface area (Å²) >= 11 is 0. The van der Waals surface area contributed by atoms with Crippen LogP contribution in [0, 0.1) is 6.92 Å². The summed E-state index contributed by atoms with van der Waals surface area (Å²) in [6, 6.07) is 25.5. The molecule has 1 aliphatic rings. The van der Waals surface area contributed by atoms with Gasteiger partial charge in [0.1, 0.15) is 11.8 Å². The number of aryl methyl sites for hydroxylation is 1. The van der Waals surface area contributed by atoms with Gasteiger partial charge in [-0.3, -0.25) is 9.59 Å². The summed E-state index contributed by atoms with van der Waals surface area (Å²) in [4.78, 5) is 29.5. The molecule has 0 spiro atoms. The summed E-state index contributed by atoms with van der Waals surface area (Å²) in [5.41, 5.74) is 4.22. The van der Waals surface area contributed by atoms with Gasteiger partial charge in [-0.2, -0.15) is 0 Å². The van der Waals surface area contributed by atoms with E-state index in [0.717, 1.165) is 47.9 Å². The molecule has 1 N–H and O–H groups in total. The van der Waals surface area contributed by atoms with Crippen LogP contribution in [0.15, 0.2) is 78.9 Å². The second kappa shape index (κ2) is 14.0. The molecule has 0 heterocycles. The first-order valence-corrected chi connectivity index (χ1v) is 14.3. The number of nitrogens with one attached hydrogen (secondary N) is 1. The Morgan fingerprint density at radius 1 is 0.872 bits per heavy atom. The Kier molecular flexibility index (Phi) is 10.2. The second-order valence-electron chi connectivity index (χ2n) is 11.0. The Balaban J connectivity index is 1.62. The summed E-state index contributed by atoms with van der Waals surface area (Å²) < 4.78 is 6.11. The van der Waals surface area contributed by atoms with E-state index < -0.39 is 6.04 Å². The van der Waals surface area contributed by atoms with E-state index in [0.29, 0.717) is 18.7 Å². The lowest BCUT2D eigenvalue weighted by atomic mass is 9.94. The predicted molar refractivity (Wildman–Crippen MR) is 157 cm³/mol. The molecule has 0 aliphatic heterocycles. The molecule has 39 heavy (non-hydrogen) atoms. The van der Waals surface area contributed by atoms with E-state index in [9.17, 15) is 9.59 Å². The number of rotatable bonds is 11. The van der Waals surface area contributed by atoms with Crippen molar-refractivity contribution >= 4 is 11.8 Å². The van der Waals surface area contributed by atoms with Crippen LogP contribution < -0.4 is 10.1 Å². The number of benzene rings is 3. The number of hydrogen-bond donors (Lipinski definition) is 1. The third-order valence-corrected chi connectivity index (χ3v) is 7.59. The van der Waals surface area contributed by atoms with Crippen LogP contribution in [-0.4, -0.2) is 35.4 Å². The van der Waals surface area contributed by atoms with E-state index >= 15 is 0 Å². The standard InChI is InChI=1S/C34H42N2O3/c1-25(2)30-16-10-11-17-32(30)39-24-33(37)36(23-28-20-18-26(3)19-21-28)31(22-27-12-6-4-7-13-27)34(38)35-29-14-8-5-9-15-29/h4,6-7,10-13,16-21,25,29,31H,5,8-9,14-15,22-24H2,1-3H3,(H,35,38)/t31-/m0/s1. The largest absolute Gasteiger partial charge is 0.483 e. The van der Waals surface area contributed by atoms with Gasteiger partial charge in [0.25, 0.3) is 5.91 Å². The number of para-hydroxylation sites is 1. The van der Waals surface area contributed by atoms with E-state index in [-0.39, 0.29) is 30.4 Å². The monoisotopic (exact) mass is 526 g/mol. The Labute approximate surface area is 233 Å². The molecule has 0 radical (unpaired) electrons. The maximum Gasteiger partial charge on any atom is 0.261 e. The number of carbonyl (C=O) groups excluding carboxylic acids is 2. The van der Waals surface area contributed by atoms with E-state index in [4.69, 9.17) is 4.74 Å². The summed E-state index contributed by atoms with van der Waals surface area (Å²) in [6.45, 7) is 6.47. The van der Waals surface area contributed by atoms with E-state index in [1.54, 1.807) is 4.90 Å². The fourth-order valence-electron chi connectivity index (χ4n) is 5.30. The zero-order chi connectivity index (χ0) is 27.6. The second-order valence-corrected chi connectivity index (χ2v) is 11.0. The third kappa shape index (κ3) is 8.19. The van der Waals surface area contributed by atoms with Crippen LogP contribution in [0.5, 0.6) is 5.75 Å². The molecule has 3 aromatic rings. The van der Waals surface area contributed by atoms with Crippen molar-refractivity contribution in [3.8, 4) is 5.75 Å². The highest BCUT2D eigenvalue weighted by Crippen LogP contribution is 2.26. The molecular formula is C34H42N2O3. The van der Waals surface area contributed by atoms with Crippen molar-refractivity contribution in [3.63, 3.8) is 0 Å². The maximum atomic E-state index is 13.9. The van der Waals surface area contributed by atoms with Gasteiger partial charge in [-0.05, 0) is 48.4 Å². The highest BCUT2D eigenvalue weighted by atomic mass is 16.5. The van der Waals surface area contributed by atoms with Crippen LogP contribution in [0.2, 0.25) is 0 Å². The molecule has 0 unspecified atom stereocenters. The molecule has 206 valence electrons. The SMILES string of the molecule is Cc1ccc(CN(C(=O)COc2ccccc2C(C)C)[C@@H](Cc2ccccc2)C(=O)NC2CCCCC2)cc1. The van der Waals surface area contributed by atoms with Crippen LogP contribution in [-0.2, 0) is 22.6 Å². The Bertz CT molecular complexity index is 1200. The Hall–Kier alpha value is -3.60. The fraction of sp³-hybridized carbons (Fsp3) is 0.412. The van der Waals surface area contributed by atoms with Crippen LogP contribution in [0.25, 0.3) is 0 Å². The molecule has 0 bridgehead atoms. The van der Waals surface area contributed by atoms with Gasteiger partial charge in [0.2, 0.25) is 5.91 Å². The Morgan fingerprint density at radius 3 is 2.23 bits per heavy atom. The van der Waals surface area contributed by atoms with Gasteiger partial charge in [-0.1, -0.05) is 111 Å². The number of amides is 2. The summed E-state index contributed by atoms with van der Waals surface area (Å²) in [5.74, 6) is 0.692. The number of carbonyl (C=O) groups is 2. The van der Waals surface area contributed by atoms with Crippen molar-refractivity contribution in [2.75, 3.05) is 6.61 Å². The van der Waals surface area contributed by atoms with Crippen LogP contribution in [0.1, 0.15) is 74.1 Å². The van der Waals surface area contributed by atoms with Crippen molar-refractivity contribution < 1.29 is 14.3 Å². The molecule has 1 fully saturated rings. The lowest BCUT2D eigenvalue weighted by Crippen LogP contribution is -2.53.